The Kier molecular flexibility index (Phi) is 5.61. The number of hydrazone groups is 1. The van der Waals surface area contributed by atoms with Gasteiger partial charge in [-0.15, -0.1) is 0 Å². The number of halogens is 1. The molecule has 6 heteroatoms. The Morgan fingerprint density at radius 3 is 2.54 bits per heavy atom. The maximum Gasteiger partial charge on any atom is 0.272 e. The van der Waals surface area contributed by atoms with Crippen molar-refractivity contribution in [2.24, 2.45) is 5.10 Å². The van der Waals surface area contributed by atoms with Crippen LogP contribution < -0.4 is 10.3 Å². The zero-order valence-electron chi connectivity index (χ0n) is 13.1. The van der Waals surface area contributed by atoms with Gasteiger partial charge in [-0.3, -0.25) is 4.79 Å². The number of nitrogens with one attached hydrogen (secondary N) is 1. The zero-order valence-corrected chi connectivity index (χ0v) is 14.7. The van der Waals surface area contributed by atoms with Crippen LogP contribution >= 0.6 is 15.9 Å². The van der Waals surface area contributed by atoms with Crippen molar-refractivity contribution >= 4 is 33.7 Å². The lowest BCUT2D eigenvalue weighted by Crippen LogP contribution is -2.36. The van der Waals surface area contributed by atoms with Crippen molar-refractivity contribution in [3.8, 4) is 0 Å². The van der Waals surface area contributed by atoms with Crippen LogP contribution in [0, 0.1) is 0 Å². The number of nitrogens with zero attached hydrogens (tertiary/aromatic N) is 2. The molecule has 2 aromatic carbocycles. The number of morpholine rings is 1. The molecule has 1 amide bonds. The number of hydrogen-bond donors (Lipinski definition) is 1. The fraction of sp³-hybridized carbons (Fsp3) is 0.222. The van der Waals surface area contributed by atoms with E-state index >= 15 is 0 Å². The Morgan fingerprint density at radius 2 is 1.83 bits per heavy atom. The third-order valence-corrected chi connectivity index (χ3v) is 4.46. The van der Waals surface area contributed by atoms with Gasteiger partial charge in [-0.05, 0) is 45.8 Å². The van der Waals surface area contributed by atoms with Crippen LogP contribution in [0.4, 0.5) is 5.69 Å². The second kappa shape index (κ2) is 8.08. The van der Waals surface area contributed by atoms with E-state index in [1.807, 2.05) is 30.3 Å². The van der Waals surface area contributed by atoms with Gasteiger partial charge in [0.2, 0.25) is 0 Å². The third kappa shape index (κ3) is 4.21. The fourth-order valence-corrected chi connectivity index (χ4v) is 2.93. The van der Waals surface area contributed by atoms with Gasteiger partial charge in [0.05, 0.1) is 25.0 Å². The molecule has 0 spiro atoms. The smallest absolute Gasteiger partial charge is 0.272 e. The molecule has 0 aliphatic carbocycles. The third-order valence-electron chi connectivity index (χ3n) is 3.77. The molecule has 0 unspecified atom stereocenters. The highest BCUT2D eigenvalue weighted by atomic mass is 79.9. The molecule has 0 saturated carbocycles. The second-order valence-electron chi connectivity index (χ2n) is 5.37. The van der Waals surface area contributed by atoms with Crippen LogP contribution in [0.5, 0.6) is 0 Å². The highest BCUT2D eigenvalue weighted by molar-refractivity contribution is 9.10. The summed E-state index contributed by atoms with van der Waals surface area (Å²) in [7, 11) is 0. The molecule has 0 atom stereocenters. The van der Waals surface area contributed by atoms with Crippen LogP contribution in [0.1, 0.15) is 15.9 Å². The Hall–Kier alpha value is -2.18. The minimum atomic E-state index is -0.247. The average molecular weight is 388 g/mol. The van der Waals surface area contributed by atoms with Crippen LogP contribution in [-0.4, -0.2) is 38.4 Å². The first-order chi connectivity index (χ1) is 11.7. The van der Waals surface area contributed by atoms with Gasteiger partial charge in [-0.1, -0.05) is 24.3 Å². The van der Waals surface area contributed by atoms with Crippen LogP contribution in [0.2, 0.25) is 0 Å². The molecule has 1 heterocycles. The highest BCUT2D eigenvalue weighted by Gasteiger charge is 2.10. The van der Waals surface area contributed by atoms with E-state index in [1.165, 1.54) is 5.69 Å². The van der Waals surface area contributed by atoms with Crippen molar-refractivity contribution < 1.29 is 9.53 Å². The van der Waals surface area contributed by atoms with Gasteiger partial charge in [0.15, 0.2) is 0 Å². The zero-order chi connectivity index (χ0) is 16.8. The van der Waals surface area contributed by atoms with E-state index in [-0.39, 0.29) is 5.91 Å². The summed E-state index contributed by atoms with van der Waals surface area (Å²) in [4.78, 5) is 14.3. The van der Waals surface area contributed by atoms with E-state index in [0.717, 1.165) is 36.3 Å². The molecule has 0 bridgehead atoms. The first-order valence-corrected chi connectivity index (χ1v) is 8.54. The number of amides is 1. The molecule has 1 aliphatic rings. The fourth-order valence-electron chi connectivity index (χ4n) is 2.46. The summed E-state index contributed by atoms with van der Waals surface area (Å²) in [5.74, 6) is -0.247. The molecule has 5 nitrogen and oxygen atoms in total. The van der Waals surface area contributed by atoms with Crippen LogP contribution in [0.3, 0.4) is 0 Å². The average Bonchev–Trinajstić information content (AvgIpc) is 2.63. The molecular weight excluding hydrogens is 370 g/mol. The summed E-state index contributed by atoms with van der Waals surface area (Å²) >= 11 is 3.35. The molecule has 1 saturated heterocycles. The minimum Gasteiger partial charge on any atom is -0.378 e. The van der Waals surface area contributed by atoms with E-state index in [9.17, 15) is 4.79 Å². The number of benzene rings is 2. The number of rotatable bonds is 4. The minimum absolute atomic E-state index is 0.247. The second-order valence-corrected chi connectivity index (χ2v) is 6.22. The van der Waals surface area contributed by atoms with E-state index in [0.29, 0.717) is 5.56 Å². The number of ether oxygens (including phenoxy) is 1. The normalized spacial score (nSPS) is 14.8. The van der Waals surface area contributed by atoms with Gasteiger partial charge in [-0.25, -0.2) is 5.43 Å². The Balaban J connectivity index is 1.58. The Labute approximate surface area is 149 Å². The SMILES string of the molecule is O=C(N/N=C\c1ccc(N2CCOCC2)cc1)c1ccccc1Br. The summed E-state index contributed by atoms with van der Waals surface area (Å²) in [6.45, 7) is 3.36. The first kappa shape index (κ1) is 16.7. The monoisotopic (exact) mass is 387 g/mol. The molecular formula is C18H18BrN3O2. The molecule has 2 aromatic rings. The Bertz CT molecular complexity index is 725. The van der Waals surface area contributed by atoms with Crippen molar-refractivity contribution in [3.05, 3.63) is 64.1 Å². The quantitative estimate of drug-likeness (QED) is 0.647. The lowest BCUT2D eigenvalue weighted by molar-refractivity contribution is 0.0954. The number of hydrogen-bond acceptors (Lipinski definition) is 4. The van der Waals surface area contributed by atoms with E-state index < -0.39 is 0 Å². The van der Waals surface area contributed by atoms with Crippen LogP contribution in [0.15, 0.2) is 58.1 Å². The van der Waals surface area contributed by atoms with E-state index in [2.05, 4.69) is 43.5 Å². The molecule has 0 aromatic heterocycles. The van der Waals surface area contributed by atoms with Crippen LogP contribution in [-0.2, 0) is 4.74 Å². The number of carbonyl (C=O) groups excluding carboxylic acids is 1. The van der Waals surface area contributed by atoms with Gasteiger partial charge in [0, 0.05) is 23.2 Å². The molecule has 1 fully saturated rings. The molecule has 24 heavy (non-hydrogen) atoms. The van der Waals surface area contributed by atoms with Gasteiger partial charge in [-0.2, -0.15) is 5.10 Å². The predicted molar refractivity (Wildman–Crippen MR) is 98.7 cm³/mol. The molecule has 124 valence electrons. The summed E-state index contributed by atoms with van der Waals surface area (Å²) in [5, 5.41) is 4.02. The number of anilines is 1. The summed E-state index contributed by atoms with van der Waals surface area (Å²) in [5.41, 5.74) is 5.20. The largest absolute Gasteiger partial charge is 0.378 e. The van der Waals surface area contributed by atoms with Crippen molar-refractivity contribution in [1.82, 2.24) is 5.43 Å². The topological polar surface area (TPSA) is 53.9 Å². The van der Waals surface area contributed by atoms with Crippen molar-refractivity contribution in [2.75, 3.05) is 31.2 Å². The lowest BCUT2D eigenvalue weighted by atomic mass is 10.2. The standard InChI is InChI=1S/C18H18BrN3O2/c19-17-4-2-1-3-16(17)18(23)21-20-13-14-5-7-15(8-6-14)22-9-11-24-12-10-22/h1-8,13H,9-12H2,(H,21,23)/b20-13-. The van der Waals surface area contributed by atoms with Gasteiger partial charge in [0.1, 0.15) is 0 Å². The first-order valence-electron chi connectivity index (χ1n) is 7.75. The van der Waals surface area contributed by atoms with Crippen LogP contribution in [0.25, 0.3) is 0 Å². The summed E-state index contributed by atoms with van der Waals surface area (Å²) in [6.07, 6.45) is 1.64. The molecule has 0 radical (unpaired) electrons. The van der Waals surface area contributed by atoms with Gasteiger partial charge >= 0.3 is 0 Å². The predicted octanol–water partition coefficient (Wildman–Crippen LogP) is 3.05. The van der Waals surface area contributed by atoms with Gasteiger partial charge in [0.25, 0.3) is 5.91 Å². The maximum atomic E-state index is 12.0. The van der Waals surface area contributed by atoms with E-state index in [1.54, 1.807) is 12.3 Å². The molecule has 1 N–H and O–H groups in total. The van der Waals surface area contributed by atoms with Crippen molar-refractivity contribution in [1.29, 1.82) is 0 Å². The summed E-state index contributed by atoms with van der Waals surface area (Å²) < 4.78 is 6.10. The van der Waals surface area contributed by atoms with Crippen molar-refractivity contribution in [2.45, 2.75) is 0 Å². The summed E-state index contributed by atoms with van der Waals surface area (Å²) in [6, 6.07) is 15.3. The maximum absolute atomic E-state index is 12.0. The van der Waals surface area contributed by atoms with Crippen molar-refractivity contribution in [3.63, 3.8) is 0 Å². The Morgan fingerprint density at radius 1 is 1.12 bits per heavy atom. The van der Waals surface area contributed by atoms with Gasteiger partial charge < -0.3 is 9.64 Å². The lowest BCUT2D eigenvalue weighted by Gasteiger charge is -2.28. The number of carbonyl (C=O) groups is 1. The molecule has 1 aliphatic heterocycles. The van der Waals surface area contributed by atoms with E-state index in [4.69, 9.17) is 4.74 Å². The highest BCUT2D eigenvalue weighted by Crippen LogP contribution is 2.16. The molecule has 3 rings (SSSR count).